The third-order valence-corrected chi connectivity index (χ3v) is 6.18. The summed E-state index contributed by atoms with van der Waals surface area (Å²) in [6.07, 6.45) is 10.9. The lowest BCUT2D eigenvalue weighted by Crippen LogP contribution is -2.28. The van der Waals surface area contributed by atoms with E-state index in [9.17, 15) is 4.79 Å². The zero-order valence-corrected chi connectivity index (χ0v) is 17.2. The van der Waals surface area contributed by atoms with Crippen LogP contribution in [0.25, 0.3) is 17.1 Å². The first-order valence-electron chi connectivity index (χ1n) is 10.4. The highest BCUT2D eigenvalue weighted by molar-refractivity contribution is 5.85. The Morgan fingerprint density at radius 3 is 2.69 bits per heavy atom. The quantitative estimate of drug-likeness (QED) is 0.675. The van der Waals surface area contributed by atoms with Crippen molar-refractivity contribution in [2.75, 3.05) is 13.1 Å². The van der Waals surface area contributed by atoms with E-state index in [1.54, 1.807) is 12.3 Å². The average Bonchev–Trinajstić information content (AvgIpc) is 3.35. The fourth-order valence-electron chi connectivity index (χ4n) is 4.66. The van der Waals surface area contributed by atoms with Crippen molar-refractivity contribution in [3.05, 3.63) is 34.2 Å². The summed E-state index contributed by atoms with van der Waals surface area (Å²) in [7, 11) is 0. The van der Waals surface area contributed by atoms with Crippen LogP contribution in [-0.4, -0.2) is 37.9 Å². The third kappa shape index (κ3) is 4.09. The van der Waals surface area contributed by atoms with Crippen LogP contribution < -0.4 is 10.9 Å². The number of halogens is 1. The van der Waals surface area contributed by atoms with Gasteiger partial charge < -0.3 is 14.7 Å². The van der Waals surface area contributed by atoms with Gasteiger partial charge in [-0.15, -0.1) is 22.6 Å². The van der Waals surface area contributed by atoms with Crippen molar-refractivity contribution in [2.45, 2.75) is 57.3 Å². The van der Waals surface area contributed by atoms with E-state index in [0.29, 0.717) is 34.8 Å². The summed E-state index contributed by atoms with van der Waals surface area (Å²) in [5, 5.41) is 16.4. The first kappa shape index (κ1) is 20.1. The van der Waals surface area contributed by atoms with Crippen LogP contribution in [0.5, 0.6) is 0 Å². The maximum absolute atomic E-state index is 12.3. The van der Waals surface area contributed by atoms with Gasteiger partial charge in [0, 0.05) is 18.4 Å². The van der Waals surface area contributed by atoms with E-state index < -0.39 is 0 Å². The van der Waals surface area contributed by atoms with Crippen LogP contribution in [0.4, 0.5) is 0 Å². The number of nitrogens with one attached hydrogen (secondary N) is 2. The fraction of sp³-hybridized carbons (Fsp3) is 0.600. The van der Waals surface area contributed by atoms with Crippen molar-refractivity contribution < 1.29 is 4.42 Å². The van der Waals surface area contributed by atoms with Gasteiger partial charge in [-0.25, -0.2) is 4.52 Å². The van der Waals surface area contributed by atoms with Crippen LogP contribution in [0.3, 0.4) is 0 Å². The van der Waals surface area contributed by atoms with Crippen molar-refractivity contribution in [3.63, 3.8) is 0 Å². The Bertz CT molecular complexity index is 1010. The molecule has 0 aromatic carbocycles. The van der Waals surface area contributed by atoms with Gasteiger partial charge in [0.2, 0.25) is 5.89 Å². The van der Waals surface area contributed by atoms with Crippen molar-refractivity contribution in [1.82, 2.24) is 30.1 Å². The van der Waals surface area contributed by atoms with Gasteiger partial charge in [0.25, 0.3) is 11.4 Å². The Morgan fingerprint density at radius 1 is 1.10 bits per heavy atom. The number of H-pyrrole nitrogens is 1. The summed E-state index contributed by atoms with van der Waals surface area (Å²) < 4.78 is 7.79. The topological polar surface area (TPSA) is 101 Å². The van der Waals surface area contributed by atoms with Gasteiger partial charge in [0.15, 0.2) is 0 Å². The first-order valence-corrected chi connectivity index (χ1v) is 10.4. The first-order chi connectivity index (χ1) is 13.8. The van der Waals surface area contributed by atoms with Crippen molar-refractivity contribution in [3.8, 4) is 11.5 Å². The zero-order valence-electron chi connectivity index (χ0n) is 16.4. The Labute approximate surface area is 174 Å². The summed E-state index contributed by atoms with van der Waals surface area (Å²) in [4.78, 5) is 15.2. The Balaban J connectivity index is 0.00000205. The minimum Gasteiger partial charge on any atom is -0.420 e. The number of hydrogen-bond acceptors (Lipinski definition) is 6. The molecule has 3 aromatic rings. The van der Waals surface area contributed by atoms with Crippen LogP contribution in [-0.2, 0) is 6.42 Å². The smallest absolute Gasteiger partial charge is 0.253 e. The van der Waals surface area contributed by atoms with Crippen molar-refractivity contribution >= 4 is 18.1 Å². The van der Waals surface area contributed by atoms with E-state index >= 15 is 0 Å². The number of aromatic nitrogens is 5. The molecule has 4 heterocycles. The second kappa shape index (κ2) is 8.67. The molecular formula is C20H27ClN6O2. The highest BCUT2D eigenvalue weighted by Crippen LogP contribution is 2.30. The largest absolute Gasteiger partial charge is 0.420 e. The molecule has 0 unspecified atom stereocenters. The van der Waals surface area contributed by atoms with Crippen molar-refractivity contribution in [2.24, 2.45) is 5.92 Å². The monoisotopic (exact) mass is 418 g/mol. The van der Waals surface area contributed by atoms with Crippen LogP contribution in [0.1, 0.15) is 62.4 Å². The molecule has 1 aliphatic heterocycles. The molecule has 29 heavy (non-hydrogen) atoms. The van der Waals surface area contributed by atoms with E-state index in [0.717, 1.165) is 38.0 Å². The van der Waals surface area contributed by atoms with E-state index in [2.05, 4.69) is 25.6 Å². The third-order valence-electron chi connectivity index (χ3n) is 6.18. The van der Waals surface area contributed by atoms with E-state index in [-0.39, 0.29) is 18.0 Å². The van der Waals surface area contributed by atoms with Gasteiger partial charge in [-0.2, -0.15) is 5.10 Å². The molecular weight excluding hydrogens is 392 g/mol. The molecule has 1 saturated carbocycles. The average molecular weight is 419 g/mol. The number of hydrogen-bond donors (Lipinski definition) is 2. The maximum Gasteiger partial charge on any atom is 0.253 e. The minimum atomic E-state index is -0.121. The molecule has 9 heteroatoms. The molecule has 5 rings (SSSR count). The van der Waals surface area contributed by atoms with Gasteiger partial charge in [0.1, 0.15) is 11.2 Å². The molecule has 0 radical (unpaired) electrons. The second-order valence-corrected chi connectivity index (χ2v) is 8.11. The molecule has 2 fully saturated rings. The van der Waals surface area contributed by atoms with Crippen molar-refractivity contribution in [1.29, 1.82) is 0 Å². The highest BCUT2D eigenvalue weighted by atomic mass is 35.5. The summed E-state index contributed by atoms with van der Waals surface area (Å²) in [6.45, 7) is 1.92. The van der Waals surface area contributed by atoms with E-state index in [1.165, 1.54) is 32.1 Å². The molecule has 3 aromatic heterocycles. The summed E-state index contributed by atoms with van der Waals surface area (Å²) in [5.74, 6) is 2.07. The van der Waals surface area contributed by atoms with Crippen LogP contribution in [0.15, 0.2) is 21.5 Å². The fourth-order valence-corrected chi connectivity index (χ4v) is 4.66. The zero-order chi connectivity index (χ0) is 18.9. The second-order valence-electron chi connectivity index (χ2n) is 8.11. The van der Waals surface area contributed by atoms with E-state index in [4.69, 9.17) is 4.42 Å². The number of nitrogens with zero attached hydrogens (tertiary/aromatic N) is 4. The molecule has 1 aliphatic carbocycles. The number of rotatable bonds is 4. The molecule has 0 bridgehead atoms. The lowest BCUT2D eigenvalue weighted by molar-refractivity contribution is 0.330. The lowest BCUT2D eigenvalue weighted by atomic mass is 9.87. The summed E-state index contributed by atoms with van der Waals surface area (Å²) in [6, 6.07) is 1.67. The Hall–Kier alpha value is -2.19. The standard InChI is InChI=1S/C20H26N6O2.ClH/c27-17-11-16(14-6-8-21-9-7-14)26-19(23-17)15(12-22-26)20-25-24-18(28-20)10-13-4-2-1-3-5-13;/h11-14,21H,1-10H2,(H,23,27);1H. The Kier molecular flexibility index (Phi) is 6.01. The highest BCUT2D eigenvalue weighted by Gasteiger charge is 2.23. The molecule has 1 saturated heterocycles. The molecule has 156 valence electrons. The molecule has 0 spiro atoms. The van der Waals surface area contributed by atoms with Gasteiger partial charge in [-0.1, -0.05) is 19.3 Å². The number of aromatic amines is 1. The summed E-state index contributed by atoms with van der Waals surface area (Å²) >= 11 is 0. The van der Waals surface area contributed by atoms with Crippen LogP contribution >= 0.6 is 12.4 Å². The Morgan fingerprint density at radius 2 is 1.90 bits per heavy atom. The normalized spacial score (nSPS) is 18.8. The minimum absolute atomic E-state index is 0. The molecule has 2 aliphatic rings. The SMILES string of the molecule is Cl.O=c1cc(C2CCNCC2)n2ncc(-c3nnc(CC4CCCCC4)o3)c2[nH]1. The van der Waals surface area contributed by atoms with Crippen LogP contribution in [0, 0.1) is 5.92 Å². The summed E-state index contributed by atoms with van der Waals surface area (Å²) in [5.41, 5.74) is 2.15. The maximum atomic E-state index is 12.3. The molecule has 0 amide bonds. The molecule has 0 atom stereocenters. The number of piperidine rings is 1. The van der Waals surface area contributed by atoms with Gasteiger partial charge in [-0.3, -0.25) is 4.79 Å². The van der Waals surface area contributed by atoms with Gasteiger partial charge in [0.05, 0.1) is 11.9 Å². The predicted octanol–water partition coefficient (Wildman–Crippen LogP) is 3.08. The van der Waals surface area contributed by atoms with Gasteiger partial charge in [-0.05, 0) is 44.7 Å². The predicted molar refractivity (Wildman–Crippen MR) is 111 cm³/mol. The molecule has 8 nitrogen and oxygen atoms in total. The van der Waals surface area contributed by atoms with Crippen LogP contribution in [0.2, 0.25) is 0 Å². The van der Waals surface area contributed by atoms with Gasteiger partial charge >= 0.3 is 0 Å². The van der Waals surface area contributed by atoms with E-state index in [1.807, 2.05) is 4.52 Å². The molecule has 2 N–H and O–H groups in total. The lowest BCUT2D eigenvalue weighted by Gasteiger charge is -2.23. The number of fused-ring (bicyclic) bond motifs is 1.